The average Bonchev–Trinajstić information content (AvgIpc) is 2.58. The van der Waals surface area contributed by atoms with E-state index in [1.165, 1.54) is 4.90 Å². The number of nitrogens with zero attached hydrogens (tertiary/aromatic N) is 2. The summed E-state index contributed by atoms with van der Waals surface area (Å²) in [5, 5.41) is 0. The molecule has 0 radical (unpaired) electrons. The molecule has 0 unspecified atom stereocenters. The Kier molecular flexibility index (Phi) is 9.54. The van der Waals surface area contributed by atoms with Crippen molar-refractivity contribution in [1.29, 1.82) is 0 Å². The number of piperazine rings is 1. The first kappa shape index (κ1) is 22.0. The van der Waals surface area contributed by atoms with Gasteiger partial charge in [0, 0.05) is 41.5 Å². The zero-order chi connectivity index (χ0) is 16.1. The van der Waals surface area contributed by atoms with Crippen LogP contribution in [0.2, 0.25) is 0 Å². The quantitative estimate of drug-likeness (QED) is 0.706. The highest BCUT2D eigenvalue weighted by atomic mass is 35.5. The molecule has 1 aliphatic heterocycles. The lowest BCUT2D eigenvalue weighted by Crippen LogP contribution is -2.46. The lowest BCUT2D eigenvalue weighted by Gasteiger charge is -2.31. The fourth-order valence-electron chi connectivity index (χ4n) is 2.63. The van der Waals surface area contributed by atoms with E-state index in [4.69, 9.17) is 0 Å². The molecule has 1 fully saturated rings. The SMILES string of the molecule is CN1CCN(CC(=O)c2ccc(Sc3ccccc3)cc2)CC1.Cl.Cl. The Bertz CT molecular complexity index is 644. The topological polar surface area (TPSA) is 23.6 Å². The highest BCUT2D eigenvalue weighted by Gasteiger charge is 2.17. The molecule has 0 aromatic heterocycles. The van der Waals surface area contributed by atoms with Gasteiger partial charge >= 0.3 is 0 Å². The van der Waals surface area contributed by atoms with Gasteiger partial charge < -0.3 is 4.90 Å². The number of rotatable bonds is 5. The zero-order valence-electron chi connectivity index (χ0n) is 14.3. The van der Waals surface area contributed by atoms with Crippen molar-refractivity contribution in [1.82, 2.24) is 9.80 Å². The van der Waals surface area contributed by atoms with Crippen LogP contribution in [0.5, 0.6) is 0 Å². The summed E-state index contributed by atoms with van der Waals surface area (Å²) in [7, 11) is 2.13. The third-order valence-corrected chi connectivity index (χ3v) is 5.13. The molecule has 0 aliphatic carbocycles. The van der Waals surface area contributed by atoms with Crippen molar-refractivity contribution in [2.24, 2.45) is 0 Å². The van der Waals surface area contributed by atoms with Gasteiger partial charge in [-0.1, -0.05) is 42.1 Å². The predicted octanol–water partition coefficient (Wildman–Crippen LogP) is 4.11. The van der Waals surface area contributed by atoms with E-state index in [1.807, 2.05) is 42.5 Å². The highest BCUT2D eigenvalue weighted by molar-refractivity contribution is 7.99. The Balaban J connectivity index is 0.00000156. The first-order chi connectivity index (χ1) is 11.2. The van der Waals surface area contributed by atoms with E-state index in [0.717, 1.165) is 36.6 Å². The van der Waals surface area contributed by atoms with Gasteiger partial charge in [-0.05, 0) is 31.3 Å². The third kappa shape index (κ3) is 6.65. The van der Waals surface area contributed by atoms with Gasteiger partial charge in [0.1, 0.15) is 0 Å². The minimum absolute atomic E-state index is 0. The molecule has 0 spiro atoms. The second-order valence-corrected chi connectivity index (χ2v) is 7.09. The van der Waals surface area contributed by atoms with Crippen LogP contribution in [0.3, 0.4) is 0 Å². The molecule has 0 saturated carbocycles. The Hall–Kier alpha value is -1.04. The summed E-state index contributed by atoms with van der Waals surface area (Å²) < 4.78 is 0. The van der Waals surface area contributed by atoms with Gasteiger partial charge in [-0.2, -0.15) is 0 Å². The molecule has 0 amide bonds. The second kappa shape index (κ2) is 10.8. The van der Waals surface area contributed by atoms with Crippen LogP contribution in [0.15, 0.2) is 64.4 Å². The molecule has 25 heavy (non-hydrogen) atoms. The van der Waals surface area contributed by atoms with E-state index in [-0.39, 0.29) is 30.6 Å². The predicted molar refractivity (Wildman–Crippen MR) is 110 cm³/mol. The number of benzene rings is 2. The van der Waals surface area contributed by atoms with Gasteiger partial charge in [0.05, 0.1) is 6.54 Å². The van der Waals surface area contributed by atoms with Gasteiger partial charge in [-0.25, -0.2) is 0 Å². The van der Waals surface area contributed by atoms with Gasteiger partial charge in [0.25, 0.3) is 0 Å². The van der Waals surface area contributed by atoms with Gasteiger partial charge in [0.2, 0.25) is 0 Å². The number of hydrogen-bond acceptors (Lipinski definition) is 4. The van der Waals surface area contributed by atoms with E-state index in [9.17, 15) is 4.79 Å². The molecule has 1 saturated heterocycles. The van der Waals surface area contributed by atoms with Gasteiger partial charge in [-0.15, -0.1) is 24.8 Å². The van der Waals surface area contributed by atoms with Crippen molar-refractivity contribution in [3.05, 3.63) is 60.2 Å². The average molecular weight is 399 g/mol. The van der Waals surface area contributed by atoms with Crippen LogP contribution < -0.4 is 0 Å². The lowest BCUT2D eigenvalue weighted by molar-refractivity contribution is 0.0876. The summed E-state index contributed by atoms with van der Waals surface area (Å²) in [6, 6.07) is 18.3. The van der Waals surface area contributed by atoms with E-state index in [1.54, 1.807) is 11.8 Å². The van der Waals surface area contributed by atoms with Crippen LogP contribution in [0.25, 0.3) is 0 Å². The van der Waals surface area contributed by atoms with Crippen LogP contribution in [0.1, 0.15) is 10.4 Å². The maximum atomic E-state index is 12.4. The van der Waals surface area contributed by atoms with Crippen molar-refractivity contribution in [2.45, 2.75) is 9.79 Å². The molecule has 2 aromatic carbocycles. The van der Waals surface area contributed by atoms with E-state index >= 15 is 0 Å². The zero-order valence-corrected chi connectivity index (χ0v) is 16.7. The summed E-state index contributed by atoms with van der Waals surface area (Å²) in [6.45, 7) is 4.56. The standard InChI is InChI=1S/C19H22N2OS.2ClH/c1-20-11-13-21(14-12-20)15-19(22)16-7-9-18(10-8-16)23-17-5-3-2-4-6-17;;/h2-10H,11-15H2,1H3;2*1H. The molecular weight excluding hydrogens is 375 g/mol. The van der Waals surface area contributed by atoms with Gasteiger partial charge in [-0.3, -0.25) is 9.69 Å². The summed E-state index contributed by atoms with van der Waals surface area (Å²) in [6.07, 6.45) is 0. The summed E-state index contributed by atoms with van der Waals surface area (Å²) in [5.41, 5.74) is 0.807. The molecule has 6 heteroatoms. The summed E-state index contributed by atoms with van der Waals surface area (Å²) in [5.74, 6) is 0.214. The molecule has 0 atom stereocenters. The lowest BCUT2D eigenvalue weighted by atomic mass is 10.1. The maximum absolute atomic E-state index is 12.4. The van der Waals surface area contributed by atoms with Crippen molar-refractivity contribution in [2.75, 3.05) is 39.8 Å². The molecule has 1 aliphatic rings. The first-order valence-corrected chi connectivity index (χ1v) is 8.79. The minimum Gasteiger partial charge on any atom is -0.304 e. The number of carbonyl (C=O) groups is 1. The second-order valence-electron chi connectivity index (χ2n) is 5.94. The number of ketones is 1. The normalized spacial score (nSPS) is 15.1. The summed E-state index contributed by atoms with van der Waals surface area (Å²) in [4.78, 5) is 19.3. The third-order valence-electron chi connectivity index (χ3n) is 4.12. The molecule has 0 N–H and O–H groups in total. The number of carbonyl (C=O) groups excluding carboxylic acids is 1. The molecule has 3 rings (SSSR count). The van der Waals surface area contributed by atoms with Crippen LogP contribution in [-0.4, -0.2) is 55.4 Å². The maximum Gasteiger partial charge on any atom is 0.176 e. The Morgan fingerprint density at radius 3 is 2.04 bits per heavy atom. The highest BCUT2D eigenvalue weighted by Crippen LogP contribution is 2.27. The number of hydrogen-bond donors (Lipinski definition) is 0. The Labute approximate surface area is 166 Å². The van der Waals surface area contributed by atoms with Crippen LogP contribution in [-0.2, 0) is 0 Å². The van der Waals surface area contributed by atoms with Gasteiger partial charge in [0.15, 0.2) is 5.78 Å². The largest absolute Gasteiger partial charge is 0.304 e. The van der Waals surface area contributed by atoms with E-state index in [2.05, 4.69) is 29.0 Å². The van der Waals surface area contributed by atoms with Crippen molar-refractivity contribution in [3.8, 4) is 0 Å². The monoisotopic (exact) mass is 398 g/mol. The summed E-state index contributed by atoms with van der Waals surface area (Å²) >= 11 is 1.72. The smallest absolute Gasteiger partial charge is 0.176 e. The van der Waals surface area contributed by atoms with E-state index < -0.39 is 0 Å². The van der Waals surface area contributed by atoms with Crippen molar-refractivity contribution in [3.63, 3.8) is 0 Å². The van der Waals surface area contributed by atoms with Crippen LogP contribution in [0, 0.1) is 0 Å². The molecule has 2 aromatic rings. The fourth-order valence-corrected chi connectivity index (χ4v) is 3.47. The van der Waals surface area contributed by atoms with Crippen molar-refractivity contribution < 1.29 is 4.79 Å². The number of halogens is 2. The van der Waals surface area contributed by atoms with Crippen LogP contribution >= 0.6 is 36.6 Å². The van der Waals surface area contributed by atoms with E-state index in [0.29, 0.717) is 6.54 Å². The fraction of sp³-hybridized carbons (Fsp3) is 0.316. The molecule has 0 bridgehead atoms. The molecule has 1 heterocycles. The Morgan fingerprint density at radius 1 is 0.880 bits per heavy atom. The molecule has 3 nitrogen and oxygen atoms in total. The number of Topliss-reactive ketones (excluding diaryl/α,β-unsaturated/α-hetero) is 1. The van der Waals surface area contributed by atoms with Crippen LogP contribution in [0.4, 0.5) is 0 Å². The Morgan fingerprint density at radius 2 is 1.44 bits per heavy atom. The molecule has 136 valence electrons. The minimum atomic E-state index is 0. The van der Waals surface area contributed by atoms with Crippen molar-refractivity contribution >= 4 is 42.4 Å². The molecular formula is C19H24Cl2N2OS. The first-order valence-electron chi connectivity index (χ1n) is 7.98. The number of likely N-dealkylation sites (N-methyl/N-ethyl adjacent to an activating group) is 1.